The number of carbonyl (C=O) groups is 1. The molecule has 0 saturated heterocycles. The molecular formula is C11H14N2O. The SMILES string of the molecule is CC[C@@H](N)c1ccc2c(c1)CC(=O)N2. The highest BCUT2D eigenvalue weighted by molar-refractivity contribution is 5.99. The number of carbonyl (C=O) groups excluding carboxylic acids is 1. The number of hydrogen-bond donors (Lipinski definition) is 2. The average Bonchev–Trinajstić information content (AvgIpc) is 2.55. The molecule has 3 N–H and O–H groups in total. The fourth-order valence-electron chi connectivity index (χ4n) is 1.72. The van der Waals surface area contributed by atoms with Crippen LogP contribution in [0.3, 0.4) is 0 Å². The Labute approximate surface area is 83.3 Å². The van der Waals surface area contributed by atoms with Crippen molar-refractivity contribution in [2.24, 2.45) is 5.73 Å². The van der Waals surface area contributed by atoms with E-state index in [4.69, 9.17) is 5.73 Å². The third-order valence-corrected chi connectivity index (χ3v) is 2.62. The van der Waals surface area contributed by atoms with Gasteiger partial charge in [0.25, 0.3) is 0 Å². The Morgan fingerprint density at radius 1 is 1.57 bits per heavy atom. The van der Waals surface area contributed by atoms with E-state index in [0.717, 1.165) is 23.2 Å². The van der Waals surface area contributed by atoms with Gasteiger partial charge in [-0.25, -0.2) is 0 Å². The minimum absolute atomic E-state index is 0.0715. The average molecular weight is 190 g/mol. The highest BCUT2D eigenvalue weighted by atomic mass is 16.1. The van der Waals surface area contributed by atoms with Crippen LogP contribution in [0, 0.1) is 0 Å². The van der Waals surface area contributed by atoms with Crippen LogP contribution in [-0.2, 0) is 11.2 Å². The third-order valence-electron chi connectivity index (χ3n) is 2.62. The van der Waals surface area contributed by atoms with Gasteiger partial charge in [-0.15, -0.1) is 0 Å². The molecule has 3 heteroatoms. The van der Waals surface area contributed by atoms with Gasteiger partial charge in [-0.05, 0) is 23.6 Å². The summed E-state index contributed by atoms with van der Waals surface area (Å²) in [5, 5.41) is 2.80. The Kier molecular flexibility index (Phi) is 2.25. The maximum atomic E-state index is 11.1. The van der Waals surface area contributed by atoms with Gasteiger partial charge in [0.2, 0.25) is 5.91 Å². The van der Waals surface area contributed by atoms with Crippen LogP contribution in [0.2, 0.25) is 0 Å². The van der Waals surface area contributed by atoms with Crippen molar-refractivity contribution in [2.45, 2.75) is 25.8 Å². The van der Waals surface area contributed by atoms with E-state index in [2.05, 4.69) is 12.2 Å². The summed E-state index contributed by atoms with van der Waals surface area (Å²) in [5.74, 6) is 0.0715. The number of nitrogens with two attached hydrogens (primary N) is 1. The topological polar surface area (TPSA) is 55.1 Å². The molecule has 1 heterocycles. The van der Waals surface area contributed by atoms with Crippen LogP contribution in [0.1, 0.15) is 30.5 Å². The molecule has 1 atom stereocenters. The Hall–Kier alpha value is -1.35. The highest BCUT2D eigenvalue weighted by Gasteiger charge is 2.18. The second-order valence-corrected chi connectivity index (χ2v) is 3.66. The summed E-state index contributed by atoms with van der Waals surface area (Å²) in [5.41, 5.74) is 9.03. The van der Waals surface area contributed by atoms with Gasteiger partial charge in [0.15, 0.2) is 0 Å². The first-order chi connectivity index (χ1) is 6.70. The van der Waals surface area contributed by atoms with Crippen molar-refractivity contribution < 1.29 is 4.79 Å². The molecule has 14 heavy (non-hydrogen) atoms. The van der Waals surface area contributed by atoms with E-state index in [9.17, 15) is 4.79 Å². The molecule has 0 fully saturated rings. The molecule has 1 amide bonds. The monoisotopic (exact) mass is 190 g/mol. The molecule has 0 aromatic heterocycles. The number of benzene rings is 1. The molecule has 1 aromatic rings. The summed E-state index contributed by atoms with van der Waals surface area (Å²) in [6.45, 7) is 2.06. The lowest BCUT2D eigenvalue weighted by atomic mass is 10.0. The predicted octanol–water partition coefficient (Wildman–Crippen LogP) is 1.59. The smallest absolute Gasteiger partial charge is 0.228 e. The molecule has 74 valence electrons. The van der Waals surface area contributed by atoms with E-state index in [1.165, 1.54) is 0 Å². The first kappa shape index (κ1) is 9.21. The Balaban J connectivity index is 2.32. The van der Waals surface area contributed by atoms with Crippen molar-refractivity contribution in [1.29, 1.82) is 0 Å². The quantitative estimate of drug-likeness (QED) is 0.744. The van der Waals surface area contributed by atoms with Crippen LogP contribution < -0.4 is 11.1 Å². The second kappa shape index (κ2) is 3.42. The molecule has 3 nitrogen and oxygen atoms in total. The maximum absolute atomic E-state index is 11.1. The summed E-state index contributed by atoms with van der Waals surface area (Å²) >= 11 is 0. The minimum atomic E-state index is 0.0715. The number of fused-ring (bicyclic) bond motifs is 1. The molecule has 0 saturated carbocycles. The van der Waals surface area contributed by atoms with E-state index in [-0.39, 0.29) is 11.9 Å². The summed E-state index contributed by atoms with van der Waals surface area (Å²) < 4.78 is 0. The van der Waals surface area contributed by atoms with Crippen molar-refractivity contribution in [2.75, 3.05) is 5.32 Å². The van der Waals surface area contributed by atoms with Crippen LogP contribution in [-0.4, -0.2) is 5.91 Å². The van der Waals surface area contributed by atoms with E-state index in [0.29, 0.717) is 6.42 Å². The van der Waals surface area contributed by atoms with Crippen molar-refractivity contribution >= 4 is 11.6 Å². The molecule has 0 spiro atoms. The zero-order chi connectivity index (χ0) is 10.1. The summed E-state index contributed by atoms with van der Waals surface area (Å²) in [4.78, 5) is 11.1. The van der Waals surface area contributed by atoms with Crippen LogP contribution >= 0.6 is 0 Å². The zero-order valence-corrected chi connectivity index (χ0v) is 8.21. The molecular weight excluding hydrogens is 176 g/mol. The van der Waals surface area contributed by atoms with Crippen LogP contribution in [0.5, 0.6) is 0 Å². The van der Waals surface area contributed by atoms with Gasteiger partial charge in [0.1, 0.15) is 0 Å². The van der Waals surface area contributed by atoms with Crippen LogP contribution in [0.25, 0.3) is 0 Å². The lowest BCUT2D eigenvalue weighted by Crippen LogP contribution is -2.08. The van der Waals surface area contributed by atoms with E-state index < -0.39 is 0 Å². The first-order valence-electron chi connectivity index (χ1n) is 4.89. The van der Waals surface area contributed by atoms with Gasteiger partial charge in [0.05, 0.1) is 6.42 Å². The summed E-state index contributed by atoms with van der Waals surface area (Å²) in [7, 11) is 0. The molecule has 0 aliphatic carbocycles. The van der Waals surface area contributed by atoms with Gasteiger partial charge in [0, 0.05) is 11.7 Å². The first-order valence-corrected chi connectivity index (χ1v) is 4.89. The lowest BCUT2D eigenvalue weighted by molar-refractivity contribution is -0.115. The number of anilines is 1. The third kappa shape index (κ3) is 1.51. The number of hydrogen-bond acceptors (Lipinski definition) is 2. The molecule has 2 rings (SSSR count). The zero-order valence-electron chi connectivity index (χ0n) is 8.21. The molecule has 1 aliphatic heterocycles. The Morgan fingerprint density at radius 2 is 2.36 bits per heavy atom. The van der Waals surface area contributed by atoms with Gasteiger partial charge >= 0.3 is 0 Å². The molecule has 0 unspecified atom stereocenters. The van der Waals surface area contributed by atoms with Crippen molar-refractivity contribution in [3.63, 3.8) is 0 Å². The number of amides is 1. The van der Waals surface area contributed by atoms with Crippen molar-refractivity contribution in [3.05, 3.63) is 29.3 Å². The lowest BCUT2D eigenvalue weighted by Gasteiger charge is -2.10. The van der Waals surface area contributed by atoms with Gasteiger partial charge in [-0.1, -0.05) is 19.1 Å². The standard InChI is InChI=1S/C11H14N2O/c1-2-9(12)7-3-4-10-8(5-7)6-11(14)13-10/h3-5,9H,2,6,12H2,1H3,(H,13,14)/t9-/m1/s1. The normalized spacial score (nSPS) is 16.3. The van der Waals surface area contributed by atoms with Crippen molar-refractivity contribution in [3.8, 4) is 0 Å². The highest BCUT2D eigenvalue weighted by Crippen LogP contribution is 2.26. The number of rotatable bonds is 2. The fraction of sp³-hybridized carbons (Fsp3) is 0.364. The molecule has 0 radical (unpaired) electrons. The Morgan fingerprint density at radius 3 is 3.07 bits per heavy atom. The Bertz CT molecular complexity index is 374. The van der Waals surface area contributed by atoms with E-state index in [1.54, 1.807) is 0 Å². The van der Waals surface area contributed by atoms with Crippen LogP contribution in [0.4, 0.5) is 5.69 Å². The van der Waals surface area contributed by atoms with Crippen molar-refractivity contribution in [1.82, 2.24) is 0 Å². The van der Waals surface area contributed by atoms with E-state index >= 15 is 0 Å². The predicted molar refractivity (Wildman–Crippen MR) is 56.0 cm³/mol. The number of nitrogens with one attached hydrogen (secondary N) is 1. The molecule has 1 aromatic carbocycles. The molecule has 1 aliphatic rings. The fourth-order valence-corrected chi connectivity index (χ4v) is 1.72. The van der Waals surface area contributed by atoms with Gasteiger partial charge in [-0.3, -0.25) is 4.79 Å². The van der Waals surface area contributed by atoms with Gasteiger partial charge < -0.3 is 11.1 Å². The molecule has 0 bridgehead atoms. The second-order valence-electron chi connectivity index (χ2n) is 3.66. The van der Waals surface area contributed by atoms with E-state index in [1.807, 2.05) is 18.2 Å². The summed E-state index contributed by atoms with van der Waals surface area (Å²) in [6, 6.07) is 6.03. The van der Waals surface area contributed by atoms with Crippen LogP contribution in [0.15, 0.2) is 18.2 Å². The van der Waals surface area contributed by atoms with Gasteiger partial charge in [-0.2, -0.15) is 0 Å². The largest absolute Gasteiger partial charge is 0.326 e. The minimum Gasteiger partial charge on any atom is -0.326 e. The summed E-state index contributed by atoms with van der Waals surface area (Å²) in [6.07, 6.45) is 1.40. The maximum Gasteiger partial charge on any atom is 0.228 e.